The summed E-state index contributed by atoms with van der Waals surface area (Å²) in [4.78, 5) is 44.0. The Hall–Kier alpha value is -6.17. The Morgan fingerprint density at radius 3 is 2.31 bits per heavy atom. The lowest BCUT2D eigenvalue weighted by Gasteiger charge is -2.26. The second-order valence-corrected chi connectivity index (χ2v) is 11.9. The lowest BCUT2D eigenvalue weighted by atomic mass is 9.93. The SMILES string of the molecule is NC(=O)c1cc(-c2ccc3cc(-c4nc5cc(C(=O)O)ccc5n4C4CCCCC4)c(F)cc3n2)c(-c2ccc([N+](=O)[O-])cc2)cc1O. The molecule has 0 bridgehead atoms. The van der Waals surface area contributed by atoms with Gasteiger partial charge in [-0.25, -0.2) is 19.2 Å². The van der Waals surface area contributed by atoms with Crippen LogP contribution in [0.15, 0.2) is 78.9 Å². The monoisotopic (exact) mass is 645 g/mol. The number of carboxylic acid groups (broad SMARTS) is 1. The molecule has 0 saturated heterocycles. The number of nitro groups is 1. The molecule has 1 fully saturated rings. The van der Waals surface area contributed by atoms with E-state index in [1.165, 1.54) is 54.6 Å². The first-order valence-electron chi connectivity index (χ1n) is 15.4. The van der Waals surface area contributed by atoms with Gasteiger partial charge in [0.2, 0.25) is 0 Å². The van der Waals surface area contributed by atoms with E-state index in [4.69, 9.17) is 15.7 Å². The zero-order chi connectivity index (χ0) is 33.7. The molecule has 7 rings (SSSR count). The smallest absolute Gasteiger partial charge is 0.335 e. The van der Waals surface area contributed by atoms with Crippen molar-refractivity contribution in [3.05, 3.63) is 106 Å². The maximum atomic E-state index is 16.2. The van der Waals surface area contributed by atoms with Gasteiger partial charge in [-0.15, -0.1) is 0 Å². The molecule has 12 heteroatoms. The molecule has 0 aliphatic heterocycles. The third-order valence-corrected chi connectivity index (χ3v) is 8.96. The van der Waals surface area contributed by atoms with Gasteiger partial charge in [-0.1, -0.05) is 25.3 Å². The van der Waals surface area contributed by atoms with Crippen LogP contribution in [0.25, 0.3) is 55.7 Å². The summed E-state index contributed by atoms with van der Waals surface area (Å²) in [5, 5.41) is 32.0. The number of halogens is 1. The lowest BCUT2D eigenvalue weighted by Crippen LogP contribution is -2.14. The number of pyridine rings is 1. The zero-order valence-corrected chi connectivity index (χ0v) is 25.4. The van der Waals surface area contributed by atoms with Crippen LogP contribution in [0.1, 0.15) is 58.9 Å². The predicted molar refractivity (Wildman–Crippen MR) is 177 cm³/mol. The molecule has 1 saturated carbocycles. The molecule has 1 aliphatic carbocycles. The Morgan fingerprint density at radius 1 is 0.875 bits per heavy atom. The summed E-state index contributed by atoms with van der Waals surface area (Å²) in [5.74, 6) is -2.47. The number of aromatic hydroxyl groups is 1. The molecular weight excluding hydrogens is 617 g/mol. The second kappa shape index (κ2) is 11.9. The number of amides is 1. The summed E-state index contributed by atoms with van der Waals surface area (Å²) in [5.41, 5.74) is 8.82. The number of carbonyl (C=O) groups is 2. The van der Waals surface area contributed by atoms with Gasteiger partial charge in [0.15, 0.2) is 0 Å². The molecule has 0 radical (unpaired) electrons. The highest BCUT2D eigenvalue weighted by Gasteiger charge is 2.25. The zero-order valence-electron chi connectivity index (χ0n) is 25.4. The van der Waals surface area contributed by atoms with Crippen LogP contribution in [-0.2, 0) is 0 Å². The van der Waals surface area contributed by atoms with E-state index >= 15 is 4.39 Å². The van der Waals surface area contributed by atoms with Crippen molar-refractivity contribution in [2.75, 3.05) is 0 Å². The third kappa shape index (κ3) is 5.36. The summed E-state index contributed by atoms with van der Waals surface area (Å²) in [6.45, 7) is 0. The summed E-state index contributed by atoms with van der Waals surface area (Å²) < 4.78 is 18.2. The molecule has 1 aliphatic rings. The van der Waals surface area contributed by atoms with Crippen molar-refractivity contribution in [1.29, 1.82) is 0 Å². The number of imidazole rings is 1. The summed E-state index contributed by atoms with van der Waals surface area (Å²) in [6.07, 6.45) is 4.97. The van der Waals surface area contributed by atoms with E-state index in [-0.39, 0.29) is 34.2 Å². The molecule has 1 amide bonds. The summed E-state index contributed by atoms with van der Waals surface area (Å²) in [7, 11) is 0. The highest BCUT2D eigenvalue weighted by atomic mass is 19.1. The van der Waals surface area contributed by atoms with E-state index in [1.807, 2.05) is 4.57 Å². The molecule has 48 heavy (non-hydrogen) atoms. The van der Waals surface area contributed by atoms with E-state index in [2.05, 4.69) is 0 Å². The molecule has 4 N–H and O–H groups in total. The number of carbonyl (C=O) groups excluding carboxylic acids is 1. The van der Waals surface area contributed by atoms with Crippen LogP contribution < -0.4 is 5.73 Å². The number of fused-ring (bicyclic) bond motifs is 2. The quantitative estimate of drug-likeness (QED) is 0.117. The molecule has 0 spiro atoms. The predicted octanol–water partition coefficient (Wildman–Crippen LogP) is 7.64. The summed E-state index contributed by atoms with van der Waals surface area (Å²) in [6, 6.07) is 19.7. The number of hydrogen-bond donors (Lipinski definition) is 3. The Morgan fingerprint density at radius 2 is 1.62 bits per heavy atom. The number of aromatic carboxylic acids is 1. The van der Waals surface area contributed by atoms with Gasteiger partial charge in [-0.3, -0.25) is 14.9 Å². The van der Waals surface area contributed by atoms with E-state index in [0.29, 0.717) is 44.6 Å². The van der Waals surface area contributed by atoms with Crippen LogP contribution in [0.3, 0.4) is 0 Å². The largest absolute Gasteiger partial charge is 0.507 e. The van der Waals surface area contributed by atoms with Gasteiger partial charge in [-0.2, -0.15) is 0 Å². The molecule has 0 atom stereocenters. The maximum absolute atomic E-state index is 16.2. The molecule has 11 nitrogen and oxygen atoms in total. The van der Waals surface area contributed by atoms with E-state index in [9.17, 15) is 29.9 Å². The summed E-state index contributed by atoms with van der Waals surface area (Å²) >= 11 is 0. The molecule has 2 heterocycles. The fourth-order valence-electron chi connectivity index (χ4n) is 6.60. The van der Waals surface area contributed by atoms with Crippen LogP contribution in [0.4, 0.5) is 10.1 Å². The van der Waals surface area contributed by atoms with Crippen LogP contribution >= 0.6 is 0 Å². The van der Waals surface area contributed by atoms with Crippen molar-refractivity contribution >= 4 is 39.5 Å². The minimum Gasteiger partial charge on any atom is -0.507 e. The first-order chi connectivity index (χ1) is 23.1. The van der Waals surface area contributed by atoms with Gasteiger partial charge >= 0.3 is 5.97 Å². The number of nitro benzene ring substituents is 1. The lowest BCUT2D eigenvalue weighted by molar-refractivity contribution is -0.384. The first-order valence-corrected chi connectivity index (χ1v) is 15.4. The van der Waals surface area contributed by atoms with Crippen molar-refractivity contribution in [3.8, 4) is 39.5 Å². The number of hydrogen-bond acceptors (Lipinski definition) is 7. The van der Waals surface area contributed by atoms with Crippen LogP contribution in [0.2, 0.25) is 0 Å². The normalized spacial score (nSPS) is 13.6. The van der Waals surface area contributed by atoms with Gasteiger partial charge in [0.1, 0.15) is 17.4 Å². The maximum Gasteiger partial charge on any atom is 0.335 e. The topological polar surface area (TPSA) is 174 Å². The molecule has 0 unspecified atom stereocenters. The van der Waals surface area contributed by atoms with E-state index < -0.39 is 22.6 Å². The number of nitrogens with two attached hydrogens (primary N) is 1. The van der Waals surface area contributed by atoms with E-state index in [1.54, 1.807) is 24.3 Å². The second-order valence-electron chi connectivity index (χ2n) is 11.9. The molecule has 6 aromatic rings. The standard InChI is InChI=1S/C36H28FN5O6/c37-28-18-30-20(14-26(28)35-40-31-15-21(36(45)46)9-13-32(31)41(35)22-4-2-1-3-5-22)8-12-29(39-30)25-16-27(34(38)44)33(43)17-24(25)19-6-10-23(11-7-19)42(47)48/h6-18,22,43H,1-5H2,(H2,38,44)(H,45,46). The van der Waals surface area contributed by atoms with Crippen LogP contribution in [0, 0.1) is 15.9 Å². The average Bonchev–Trinajstić information content (AvgIpc) is 3.46. The van der Waals surface area contributed by atoms with Crippen molar-refractivity contribution in [2.45, 2.75) is 38.1 Å². The number of benzene rings is 4. The third-order valence-electron chi connectivity index (χ3n) is 8.96. The minimum atomic E-state index is -1.07. The van der Waals surface area contributed by atoms with Crippen molar-refractivity contribution < 1.29 is 29.1 Å². The molecule has 2 aromatic heterocycles. The minimum absolute atomic E-state index is 0.0804. The van der Waals surface area contributed by atoms with Crippen molar-refractivity contribution in [2.24, 2.45) is 5.73 Å². The van der Waals surface area contributed by atoms with Gasteiger partial charge < -0.3 is 20.5 Å². The van der Waals surface area contributed by atoms with Gasteiger partial charge in [0.05, 0.1) is 43.9 Å². The van der Waals surface area contributed by atoms with Gasteiger partial charge in [0.25, 0.3) is 11.6 Å². The average molecular weight is 646 g/mol. The number of carboxylic acids is 1. The fraction of sp³-hybridized carbons (Fsp3) is 0.167. The number of rotatable bonds is 7. The highest BCUT2D eigenvalue weighted by Crippen LogP contribution is 2.40. The number of non-ortho nitro benzene ring substituents is 1. The number of phenols is 1. The fourth-order valence-corrected chi connectivity index (χ4v) is 6.60. The first kappa shape index (κ1) is 30.5. The van der Waals surface area contributed by atoms with Crippen LogP contribution in [-0.4, -0.2) is 41.5 Å². The Kier molecular flexibility index (Phi) is 7.55. The van der Waals surface area contributed by atoms with Crippen molar-refractivity contribution in [1.82, 2.24) is 14.5 Å². The number of primary amides is 1. The van der Waals surface area contributed by atoms with Gasteiger partial charge in [-0.05, 0) is 78.6 Å². The van der Waals surface area contributed by atoms with Gasteiger partial charge in [0, 0.05) is 35.2 Å². The molecular formula is C36H28FN5O6. The van der Waals surface area contributed by atoms with Crippen molar-refractivity contribution in [3.63, 3.8) is 0 Å². The Bertz CT molecular complexity index is 2290. The Labute approximate surface area is 272 Å². The van der Waals surface area contributed by atoms with E-state index in [0.717, 1.165) is 37.6 Å². The number of aromatic nitrogens is 3. The number of nitrogens with zero attached hydrogens (tertiary/aromatic N) is 4. The molecule has 240 valence electrons. The molecule has 4 aromatic carbocycles. The Balaban J connectivity index is 1.37. The van der Waals surface area contributed by atoms with Crippen LogP contribution in [0.5, 0.6) is 5.75 Å². The highest BCUT2D eigenvalue weighted by molar-refractivity contribution is 6.00.